The summed E-state index contributed by atoms with van der Waals surface area (Å²) in [6.45, 7) is 1.79. The zero-order chi connectivity index (χ0) is 27.4. The maximum Gasteiger partial charge on any atom is 0.263 e. The van der Waals surface area contributed by atoms with Crippen LogP contribution in [0.1, 0.15) is 12.8 Å². The number of piperidine rings is 1. The fourth-order valence-electron chi connectivity index (χ4n) is 4.07. The molecule has 0 unspecified atom stereocenters. The van der Waals surface area contributed by atoms with Gasteiger partial charge in [-0.1, -0.05) is 35.3 Å². The zero-order valence-electron chi connectivity index (χ0n) is 20.4. The average Bonchev–Trinajstić information content (AvgIpc) is 2.94. The van der Waals surface area contributed by atoms with Crippen LogP contribution in [0.25, 0.3) is 11.3 Å². The van der Waals surface area contributed by atoms with Gasteiger partial charge in [-0.3, -0.25) is 4.72 Å². The van der Waals surface area contributed by atoms with Crippen molar-refractivity contribution in [1.82, 2.24) is 20.3 Å². The number of benzene rings is 2. The van der Waals surface area contributed by atoms with E-state index in [1.54, 1.807) is 30.5 Å². The first kappa shape index (κ1) is 27.1. The first-order valence-corrected chi connectivity index (χ1v) is 14.2. The topological polar surface area (TPSA) is 118 Å². The van der Waals surface area contributed by atoms with Crippen LogP contribution in [0.3, 0.4) is 0 Å². The van der Waals surface area contributed by atoms with Crippen molar-refractivity contribution >= 4 is 44.9 Å². The second kappa shape index (κ2) is 11.7. The molecule has 0 aliphatic carbocycles. The predicted molar refractivity (Wildman–Crippen MR) is 149 cm³/mol. The third-order valence-corrected chi connectivity index (χ3v) is 8.11. The molecule has 3 N–H and O–H groups in total. The second-order valence-corrected chi connectivity index (χ2v) is 11.2. The number of aromatic nitrogens is 3. The third-order valence-electron chi connectivity index (χ3n) is 5.95. The van der Waals surface area contributed by atoms with Gasteiger partial charge in [0.25, 0.3) is 10.0 Å². The van der Waals surface area contributed by atoms with Gasteiger partial charge in [-0.05, 0) is 61.9 Å². The van der Waals surface area contributed by atoms with E-state index >= 15 is 4.39 Å². The second-order valence-electron chi connectivity index (χ2n) is 8.69. The molecular formula is C26H23Cl2FN6O3S. The van der Waals surface area contributed by atoms with Crippen molar-refractivity contribution in [3.8, 4) is 22.9 Å². The van der Waals surface area contributed by atoms with Crippen LogP contribution >= 0.6 is 23.2 Å². The van der Waals surface area contributed by atoms with Crippen molar-refractivity contribution in [2.24, 2.45) is 0 Å². The summed E-state index contributed by atoms with van der Waals surface area (Å²) in [4.78, 5) is 12.9. The molecule has 1 atom stereocenters. The van der Waals surface area contributed by atoms with Crippen molar-refractivity contribution < 1.29 is 17.5 Å². The number of rotatable bonds is 8. The summed E-state index contributed by atoms with van der Waals surface area (Å²) in [6, 6.07) is 13.6. The van der Waals surface area contributed by atoms with Crippen molar-refractivity contribution in [2.75, 3.05) is 23.1 Å². The molecule has 5 rings (SSSR count). The number of anilines is 2. The predicted octanol–water partition coefficient (Wildman–Crippen LogP) is 5.74. The molecule has 202 valence electrons. The van der Waals surface area contributed by atoms with E-state index in [-0.39, 0.29) is 32.5 Å². The van der Waals surface area contributed by atoms with E-state index in [2.05, 4.69) is 30.3 Å². The first-order valence-electron chi connectivity index (χ1n) is 12.0. The molecule has 1 fully saturated rings. The molecule has 4 aromatic rings. The molecule has 0 spiro atoms. The summed E-state index contributed by atoms with van der Waals surface area (Å²) < 4.78 is 49.4. The van der Waals surface area contributed by atoms with Gasteiger partial charge in [0.05, 0.1) is 27.0 Å². The Balaban J connectivity index is 1.43. The fourth-order valence-corrected chi connectivity index (χ4v) is 5.83. The van der Waals surface area contributed by atoms with Gasteiger partial charge in [0.1, 0.15) is 4.90 Å². The number of halogens is 3. The van der Waals surface area contributed by atoms with Gasteiger partial charge in [-0.25, -0.2) is 27.8 Å². The molecule has 13 heteroatoms. The van der Waals surface area contributed by atoms with Crippen LogP contribution in [0.4, 0.5) is 16.0 Å². The molecule has 9 nitrogen and oxygen atoms in total. The Hall–Kier alpha value is -3.51. The van der Waals surface area contributed by atoms with Gasteiger partial charge in [-0.2, -0.15) is 0 Å². The van der Waals surface area contributed by atoms with Gasteiger partial charge >= 0.3 is 0 Å². The van der Waals surface area contributed by atoms with Crippen molar-refractivity contribution in [3.05, 3.63) is 82.9 Å². The van der Waals surface area contributed by atoms with Crippen LogP contribution in [0.2, 0.25) is 10.0 Å². The smallest absolute Gasteiger partial charge is 0.263 e. The van der Waals surface area contributed by atoms with Crippen LogP contribution in [0, 0.1) is 5.82 Å². The van der Waals surface area contributed by atoms with E-state index in [1.165, 1.54) is 36.5 Å². The van der Waals surface area contributed by atoms with Gasteiger partial charge in [0, 0.05) is 25.0 Å². The SMILES string of the molecule is O=S(=O)(Nc1ccc(Cl)c(Oc2ncccc2-c2ccnc(N[C@H]3CCCNC3)n2)c1F)c1ccccc1Cl. The summed E-state index contributed by atoms with van der Waals surface area (Å²) in [5.41, 5.74) is 0.579. The summed E-state index contributed by atoms with van der Waals surface area (Å²) in [6.07, 6.45) is 5.13. The molecule has 39 heavy (non-hydrogen) atoms. The molecule has 1 aliphatic rings. The highest BCUT2D eigenvalue weighted by Gasteiger charge is 2.24. The van der Waals surface area contributed by atoms with Crippen molar-refractivity contribution in [2.45, 2.75) is 23.8 Å². The van der Waals surface area contributed by atoms with Crippen LogP contribution in [-0.2, 0) is 10.0 Å². The highest BCUT2D eigenvalue weighted by Crippen LogP contribution is 2.39. The minimum absolute atomic E-state index is 0.00701. The molecule has 2 aromatic heterocycles. The standard InChI is InChI=1S/C26H23Cl2FN6O3S/c27-18-7-1-2-8-22(18)39(36,37)35-21-10-9-19(28)24(23(21)29)38-25-17(6-4-13-31-25)20-11-14-32-26(34-20)33-16-5-3-12-30-15-16/h1-2,4,6-11,13-14,16,30,35H,3,5,12,15H2,(H,32,33,34)/t16-/m0/s1. The molecule has 3 heterocycles. The average molecular weight is 589 g/mol. The van der Waals surface area contributed by atoms with E-state index in [0.29, 0.717) is 17.2 Å². The molecule has 1 aliphatic heterocycles. The molecule has 0 saturated carbocycles. The molecule has 0 bridgehead atoms. The first-order chi connectivity index (χ1) is 18.8. The summed E-state index contributed by atoms with van der Waals surface area (Å²) in [5, 5.41) is 6.57. The maximum atomic E-state index is 15.6. The summed E-state index contributed by atoms with van der Waals surface area (Å²) in [7, 11) is -4.20. The van der Waals surface area contributed by atoms with E-state index in [0.717, 1.165) is 25.9 Å². The lowest BCUT2D eigenvalue weighted by Crippen LogP contribution is -2.38. The van der Waals surface area contributed by atoms with Crippen LogP contribution < -0.4 is 20.1 Å². The number of ether oxygens (including phenoxy) is 1. The van der Waals surface area contributed by atoms with E-state index in [1.807, 2.05) is 0 Å². The van der Waals surface area contributed by atoms with Crippen LogP contribution in [0.15, 0.2) is 71.9 Å². The molecule has 0 radical (unpaired) electrons. The van der Waals surface area contributed by atoms with Crippen LogP contribution in [-0.4, -0.2) is 42.5 Å². The van der Waals surface area contributed by atoms with E-state index in [4.69, 9.17) is 27.9 Å². The number of pyridine rings is 1. The Morgan fingerprint density at radius 3 is 2.64 bits per heavy atom. The Morgan fingerprint density at radius 1 is 1.00 bits per heavy atom. The van der Waals surface area contributed by atoms with E-state index in [9.17, 15) is 8.42 Å². The monoisotopic (exact) mass is 588 g/mol. The molecule has 2 aromatic carbocycles. The van der Waals surface area contributed by atoms with Crippen molar-refractivity contribution in [1.29, 1.82) is 0 Å². The lowest BCUT2D eigenvalue weighted by Gasteiger charge is -2.23. The number of nitrogens with one attached hydrogen (secondary N) is 3. The van der Waals surface area contributed by atoms with Gasteiger partial charge in [-0.15, -0.1) is 0 Å². The van der Waals surface area contributed by atoms with E-state index < -0.39 is 21.6 Å². The molecular weight excluding hydrogens is 566 g/mol. The van der Waals surface area contributed by atoms with Crippen LogP contribution in [0.5, 0.6) is 11.6 Å². The quantitative estimate of drug-likeness (QED) is 0.238. The minimum atomic E-state index is -4.20. The Morgan fingerprint density at radius 2 is 1.85 bits per heavy atom. The molecule has 1 saturated heterocycles. The zero-order valence-corrected chi connectivity index (χ0v) is 22.7. The van der Waals surface area contributed by atoms with Gasteiger partial charge in [0.2, 0.25) is 11.8 Å². The molecule has 0 amide bonds. The van der Waals surface area contributed by atoms with Gasteiger partial charge in [0.15, 0.2) is 11.6 Å². The Bertz CT molecular complexity index is 1600. The summed E-state index contributed by atoms with van der Waals surface area (Å²) in [5.74, 6) is -0.967. The number of sulfonamides is 1. The Labute approximate surface area is 234 Å². The highest BCUT2D eigenvalue weighted by atomic mass is 35.5. The van der Waals surface area contributed by atoms with Gasteiger partial charge < -0.3 is 15.4 Å². The number of hydrogen-bond acceptors (Lipinski definition) is 8. The summed E-state index contributed by atoms with van der Waals surface area (Å²) >= 11 is 12.3. The third kappa shape index (κ3) is 6.22. The van der Waals surface area contributed by atoms with Crippen molar-refractivity contribution in [3.63, 3.8) is 0 Å². The maximum absolute atomic E-state index is 15.6. The minimum Gasteiger partial charge on any atom is -0.434 e. The Kier molecular flexibility index (Phi) is 8.12. The normalized spacial score (nSPS) is 15.5. The largest absolute Gasteiger partial charge is 0.434 e. The lowest BCUT2D eigenvalue weighted by atomic mass is 10.1. The highest BCUT2D eigenvalue weighted by molar-refractivity contribution is 7.92. The fraction of sp³-hybridized carbons (Fsp3) is 0.192. The number of nitrogens with zero attached hydrogens (tertiary/aromatic N) is 3. The number of hydrogen-bond donors (Lipinski definition) is 3. The lowest BCUT2D eigenvalue weighted by molar-refractivity contribution is 0.430.